The Morgan fingerprint density at radius 3 is 2.17 bits per heavy atom. The van der Waals surface area contributed by atoms with Crippen LogP contribution in [0.15, 0.2) is 24.3 Å². The zero-order valence-corrected chi connectivity index (χ0v) is 14.7. The van der Waals surface area contributed by atoms with Gasteiger partial charge in [0.15, 0.2) is 0 Å². The van der Waals surface area contributed by atoms with E-state index in [0.717, 1.165) is 5.56 Å². The van der Waals surface area contributed by atoms with Crippen LogP contribution in [-0.2, 0) is 19.7 Å². The van der Waals surface area contributed by atoms with Crippen molar-refractivity contribution in [2.75, 3.05) is 7.11 Å². The highest BCUT2D eigenvalue weighted by atomic mass is 16.5. The molecule has 5 heteroatoms. The first-order chi connectivity index (χ1) is 10.6. The third-order valence-corrected chi connectivity index (χ3v) is 3.62. The van der Waals surface area contributed by atoms with Crippen molar-refractivity contribution in [1.29, 1.82) is 0 Å². The van der Waals surface area contributed by atoms with Crippen LogP contribution in [0.5, 0.6) is 0 Å². The molecule has 0 spiro atoms. The fourth-order valence-corrected chi connectivity index (χ4v) is 2.26. The van der Waals surface area contributed by atoms with Crippen LogP contribution in [0.4, 0.5) is 0 Å². The summed E-state index contributed by atoms with van der Waals surface area (Å²) >= 11 is 0. The van der Waals surface area contributed by atoms with Crippen LogP contribution in [0.2, 0.25) is 0 Å². The van der Waals surface area contributed by atoms with Gasteiger partial charge in [-0.05, 0) is 23.5 Å². The predicted octanol–water partition coefficient (Wildman–Crippen LogP) is 2.44. The molecule has 1 rings (SSSR count). The quantitative estimate of drug-likeness (QED) is 0.789. The number of methoxy groups -OCH3 is 1. The summed E-state index contributed by atoms with van der Waals surface area (Å²) < 4.78 is 4.73. The average Bonchev–Trinajstić information content (AvgIpc) is 2.44. The fourth-order valence-electron chi connectivity index (χ4n) is 2.26. The second kappa shape index (κ2) is 8.11. The molecule has 1 aromatic rings. The summed E-state index contributed by atoms with van der Waals surface area (Å²) in [4.78, 5) is 23.6. The Morgan fingerprint density at radius 1 is 1.17 bits per heavy atom. The Morgan fingerprint density at radius 2 is 1.74 bits per heavy atom. The Bertz CT molecular complexity index is 530. The van der Waals surface area contributed by atoms with Crippen LogP contribution >= 0.6 is 0 Å². The molecule has 0 aliphatic carbocycles. The predicted molar refractivity (Wildman–Crippen MR) is 90.9 cm³/mol. The minimum Gasteiger partial charge on any atom is -0.469 e. The van der Waals surface area contributed by atoms with E-state index in [-0.39, 0.29) is 36.2 Å². The molecule has 0 aliphatic rings. The van der Waals surface area contributed by atoms with Gasteiger partial charge in [-0.3, -0.25) is 9.59 Å². The second-order valence-electron chi connectivity index (χ2n) is 6.95. The molecule has 2 unspecified atom stereocenters. The lowest BCUT2D eigenvalue weighted by molar-refractivity contribution is -0.141. The highest BCUT2D eigenvalue weighted by molar-refractivity contribution is 5.78. The molecule has 128 valence electrons. The lowest BCUT2D eigenvalue weighted by atomic mass is 9.86. The second-order valence-corrected chi connectivity index (χ2v) is 6.95. The van der Waals surface area contributed by atoms with Gasteiger partial charge in [0.05, 0.1) is 19.6 Å². The summed E-state index contributed by atoms with van der Waals surface area (Å²) in [6.07, 6.45) is 0.313. The Labute approximate surface area is 138 Å². The van der Waals surface area contributed by atoms with E-state index < -0.39 is 6.04 Å². The highest BCUT2D eigenvalue weighted by Crippen LogP contribution is 2.25. The number of ether oxygens (including phenoxy) is 1. The molecular formula is C18H28N2O3. The molecule has 2 atom stereocenters. The van der Waals surface area contributed by atoms with Gasteiger partial charge in [-0.2, -0.15) is 0 Å². The summed E-state index contributed by atoms with van der Waals surface area (Å²) in [7, 11) is 1.34. The molecular weight excluding hydrogens is 292 g/mol. The van der Waals surface area contributed by atoms with Crippen LogP contribution in [0.25, 0.3) is 0 Å². The van der Waals surface area contributed by atoms with E-state index in [1.807, 2.05) is 24.3 Å². The molecule has 5 nitrogen and oxygen atoms in total. The standard InChI is InChI=1S/C18H28N2O3/c1-12(19)10-16(21)20-15(11-17(22)23-5)13-6-8-14(9-7-13)18(2,3)4/h6-9,12,15H,10-11,19H2,1-5H3,(H,20,21). The van der Waals surface area contributed by atoms with E-state index in [2.05, 4.69) is 26.1 Å². The summed E-state index contributed by atoms with van der Waals surface area (Å²) in [5, 5.41) is 2.87. The van der Waals surface area contributed by atoms with Crippen molar-refractivity contribution in [3.8, 4) is 0 Å². The van der Waals surface area contributed by atoms with Gasteiger partial charge in [-0.1, -0.05) is 45.0 Å². The Hall–Kier alpha value is -1.88. The van der Waals surface area contributed by atoms with Crippen LogP contribution in [0, 0.1) is 0 Å². The number of hydrogen-bond donors (Lipinski definition) is 2. The molecule has 0 saturated heterocycles. The number of hydrogen-bond acceptors (Lipinski definition) is 4. The van der Waals surface area contributed by atoms with Crippen molar-refractivity contribution in [1.82, 2.24) is 5.32 Å². The first-order valence-electron chi connectivity index (χ1n) is 7.85. The van der Waals surface area contributed by atoms with Gasteiger partial charge in [-0.15, -0.1) is 0 Å². The van der Waals surface area contributed by atoms with Gasteiger partial charge in [-0.25, -0.2) is 0 Å². The van der Waals surface area contributed by atoms with Gasteiger partial charge < -0.3 is 15.8 Å². The molecule has 1 aromatic carbocycles. The molecule has 0 saturated carbocycles. The maximum atomic E-state index is 12.0. The molecule has 0 radical (unpaired) electrons. The maximum Gasteiger partial charge on any atom is 0.307 e. The SMILES string of the molecule is COC(=O)CC(NC(=O)CC(C)N)c1ccc(C(C)(C)C)cc1. The number of esters is 1. The maximum absolute atomic E-state index is 12.0. The lowest BCUT2D eigenvalue weighted by Gasteiger charge is -2.22. The third-order valence-electron chi connectivity index (χ3n) is 3.62. The Kier molecular flexibility index (Phi) is 6.76. The number of amides is 1. The normalized spacial score (nSPS) is 14.0. The minimum atomic E-state index is -0.414. The van der Waals surface area contributed by atoms with Crippen molar-refractivity contribution >= 4 is 11.9 Å². The summed E-state index contributed by atoms with van der Waals surface area (Å²) in [5.41, 5.74) is 7.77. The number of rotatable bonds is 6. The van der Waals surface area contributed by atoms with E-state index >= 15 is 0 Å². The smallest absolute Gasteiger partial charge is 0.307 e. The zero-order chi connectivity index (χ0) is 17.6. The van der Waals surface area contributed by atoms with Crippen LogP contribution in [0.1, 0.15) is 57.7 Å². The summed E-state index contributed by atoms with van der Waals surface area (Å²) in [6, 6.07) is 7.30. The first kappa shape index (κ1) is 19.2. The van der Waals surface area contributed by atoms with E-state index in [1.54, 1.807) is 6.92 Å². The van der Waals surface area contributed by atoms with Crippen molar-refractivity contribution in [2.45, 2.75) is 58.0 Å². The molecule has 0 aromatic heterocycles. The number of nitrogens with two attached hydrogens (primary N) is 1. The summed E-state index contributed by atoms with van der Waals surface area (Å²) in [6.45, 7) is 8.18. The van der Waals surface area contributed by atoms with Crippen molar-refractivity contribution in [3.05, 3.63) is 35.4 Å². The topological polar surface area (TPSA) is 81.4 Å². The van der Waals surface area contributed by atoms with Gasteiger partial charge >= 0.3 is 5.97 Å². The van der Waals surface area contributed by atoms with Gasteiger partial charge in [0.1, 0.15) is 0 Å². The molecule has 23 heavy (non-hydrogen) atoms. The van der Waals surface area contributed by atoms with Crippen molar-refractivity contribution in [3.63, 3.8) is 0 Å². The summed E-state index contributed by atoms with van der Waals surface area (Å²) in [5.74, 6) is -0.537. The van der Waals surface area contributed by atoms with E-state index in [9.17, 15) is 9.59 Å². The number of nitrogens with one attached hydrogen (secondary N) is 1. The van der Waals surface area contributed by atoms with Crippen LogP contribution in [0.3, 0.4) is 0 Å². The van der Waals surface area contributed by atoms with Crippen LogP contribution in [-0.4, -0.2) is 25.0 Å². The number of carbonyl (C=O) groups excluding carboxylic acids is 2. The fraction of sp³-hybridized carbons (Fsp3) is 0.556. The average molecular weight is 320 g/mol. The zero-order valence-electron chi connectivity index (χ0n) is 14.7. The van der Waals surface area contributed by atoms with Crippen molar-refractivity contribution < 1.29 is 14.3 Å². The molecule has 0 aliphatic heterocycles. The first-order valence-corrected chi connectivity index (χ1v) is 7.85. The molecule has 0 bridgehead atoms. The van der Waals surface area contributed by atoms with Gasteiger partial charge in [0, 0.05) is 12.5 Å². The monoisotopic (exact) mass is 320 g/mol. The molecule has 1 amide bonds. The number of carbonyl (C=O) groups is 2. The number of benzene rings is 1. The largest absolute Gasteiger partial charge is 0.469 e. The van der Waals surface area contributed by atoms with E-state index in [1.165, 1.54) is 12.7 Å². The van der Waals surface area contributed by atoms with Crippen LogP contribution < -0.4 is 11.1 Å². The minimum absolute atomic E-state index is 0.0502. The molecule has 3 N–H and O–H groups in total. The van der Waals surface area contributed by atoms with E-state index in [4.69, 9.17) is 10.5 Å². The van der Waals surface area contributed by atoms with Crippen molar-refractivity contribution in [2.24, 2.45) is 5.73 Å². The highest BCUT2D eigenvalue weighted by Gasteiger charge is 2.20. The lowest BCUT2D eigenvalue weighted by Crippen LogP contribution is -2.34. The Balaban J connectivity index is 2.94. The van der Waals surface area contributed by atoms with Gasteiger partial charge in [0.2, 0.25) is 5.91 Å². The van der Waals surface area contributed by atoms with Gasteiger partial charge in [0.25, 0.3) is 0 Å². The molecule has 0 heterocycles. The third kappa shape index (κ3) is 6.40. The van der Waals surface area contributed by atoms with E-state index in [0.29, 0.717) is 0 Å². The molecule has 0 fully saturated rings.